The molecular weight excluding hydrogens is 248 g/mol. The predicted octanol–water partition coefficient (Wildman–Crippen LogP) is 3.43. The Labute approximate surface area is 115 Å². The average molecular weight is 271 g/mol. The maximum Gasteiger partial charge on any atom is 0.224 e. The molecule has 0 saturated carbocycles. The number of aromatic nitrogens is 2. The van der Waals surface area contributed by atoms with Gasteiger partial charge in [0.25, 0.3) is 0 Å². The van der Waals surface area contributed by atoms with Crippen molar-refractivity contribution in [1.29, 1.82) is 0 Å². The zero-order valence-electron chi connectivity index (χ0n) is 11.5. The van der Waals surface area contributed by atoms with Crippen LogP contribution in [0.25, 0.3) is 0 Å². The Hall–Kier alpha value is -1.03. The summed E-state index contributed by atoms with van der Waals surface area (Å²) in [5.41, 5.74) is 7.47. The van der Waals surface area contributed by atoms with Crippen molar-refractivity contribution in [2.45, 2.75) is 46.5 Å². The molecule has 0 saturated heterocycles. The zero-order chi connectivity index (χ0) is 13.5. The molecule has 102 valence electrons. The number of aryl methyl sites for hydroxylation is 1. The minimum atomic E-state index is 0.273. The molecule has 1 aromatic heterocycles. The van der Waals surface area contributed by atoms with Gasteiger partial charge in [-0.2, -0.15) is 4.98 Å². The summed E-state index contributed by atoms with van der Waals surface area (Å²) in [6, 6.07) is 0. The fourth-order valence-electron chi connectivity index (χ4n) is 1.80. The van der Waals surface area contributed by atoms with Crippen molar-refractivity contribution in [1.82, 2.24) is 9.97 Å². The topological polar surface area (TPSA) is 55.0 Å². The van der Waals surface area contributed by atoms with Crippen LogP contribution in [-0.4, -0.2) is 23.1 Å². The summed E-state index contributed by atoms with van der Waals surface area (Å²) in [4.78, 5) is 10.6. The van der Waals surface area contributed by atoms with E-state index in [4.69, 9.17) is 17.3 Å². The van der Waals surface area contributed by atoms with E-state index in [2.05, 4.69) is 28.7 Å². The number of unbranched alkanes of at least 4 members (excludes halogenated alkanes) is 2. The SMILES string of the molecule is CCCCN(CCCC)c1nc(Cl)nc(C)c1N. The monoisotopic (exact) mass is 270 g/mol. The van der Waals surface area contributed by atoms with Gasteiger partial charge >= 0.3 is 0 Å². The van der Waals surface area contributed by atoms with Gasteiger partial charge in [-0.25, -0.2) is 4.98 Å². The lowest BCUT2D eigenvalue weighted by atomic mass is 10.2. The molecule has 0 radical (unpaired) electrons. The minimum absolute atomic E-state index is 0.273. The fraction of sp³-hybridized carbons (Fsp3) is 0.692. The molecule has 0 amide bonds. The molecule has 0 atom stereocenters. The number of hydrogen-bond donors (Lipinski definition) is 1. The summed E-state index contributed by atoms with van der Waals surface area (Å²) in [7, 11) is 0. The Morgan fingerprint density at radius 2 is 1.67 bits per heavy atom. The minimum Gasteiger partial charge on any atom is -0.394 e. The van der Waals surface area contributed by atoms with Gasteiger partial charge in [-0.1, -0.05) is 26.7 Å². The molecule has 0 fully saturated rings. The first-order valence-electron chi connectivity index (χ1n) is 6.64. The number of anilines is 2. The summed E-state index contributed by atoms with van der Waals surface area (Å²) in [5, 5.41) is 0.273. The third-order valence-electron chi connectivity index (χ3n) is 2.95. The summed E-state index contributed by atoms with van der Waals surface area (Å²) >= 11 is 5.93. The molecule has 5 heteroatoms. The molecule has 0 aliphatic heterocycles. The van der Waals surface area contributed by atoms with E-state index in [0.717, 1.165) is 50.3 Å². The molecule has 0 aliphatic rings. The molecule has 2 N–H and O–H groups in total. The summed E-state index contributed by atoms with van der Waals surface area (Å²) in [5.74, 6) is 0.786. The summed E-state index contributed by atoms with van der Waals surface area (Å²) in [6.45, 7) is 8.16. The molecule has 1 rings (SSSR count). The van der Waals surface area contributed by atoms with Gasteiger partial charge in [0.2, 0.25) is 5.28 Å². The lowest BCUT2D eigenvalue weighted by Gasteiger charge is -2.25. The van der Waals surface area contributed by atoms with Crippen LogP contribution in [0.4, 0.5) is 11.5 Å². The van der Waals surface area contributed by atoms with Gasteiger partial charge in [0, 0.05) is 13.1 Å². The Morgan fingerprint density at radius 3 is 2.17 bits per heavy atom. The number of halogens is 1. The van der Waals surface area contributed by atoms with Crippen molar-refractivity contribution in [2.75, 3.05) is 23.7 Å². The molecule has 18 heavy (non-hydrogen) atoms. The lowest BCUT2D eigenvalue weighted by Crippen LogP contribution is -2.28. The second-order valence-electron chi connectivity index (χ2n) is 4.51. The number of nitrogens with two attached hydrogens (primary N) is 1. The lowest BCUT2D eigenvalue weighted by molar-refractivity contribution is 0.671. The first kappa shape index (κ1) is 15.0. The van der Waals surface area contributed by atoms with Crippen LogP contribution in [0.5, 0.6) is 0 Å². The number of nitrogen functional groups attached to an aromatic ring is 1. The van der Waals surface area contributed by atoms with E-state index in [1.807, 2.05) is 6.92 Å². The van der Waals surface area contributed by atoms with Crippen LogP contribution in [0.3, 0.4) is 0 Å². The first-order chi connectivity index (χ1) is 8.60. The highest BCUT2D eigenvalue weighted by molar-refractivity contribution is 6.28. The van der Waals surface area contributed by atoms with E-state index in [-0.39, 0.29) is 5.28 Å². The van der Waals surface area contributed by atoms with Crippen molar-refractivity contribution < 1.29 is 0 Å². The van der Waals surface area contributed by atoms with E-state index < -0.39 is 0 Å². The Kier molecular flexibility index (Phi) is 6.19. The smallest absolute Gasteiger partial charge is 0.224 e. The van der Waals surface area contributed by atoms with Gasteiger partial charge < -0.3 is 10.6 Å². The maximum absolute atomic E-state index is 6.07. The molecule has 1 aromatic rings. The van der Waals surface area contributed by atoms with Crippen molar-refractivity contribution in [3.8, 4) is 0 Å². The van der Waals surface area contributed by atoms with Crippen molar-refractivity contribution >= 4 is 23.1 Å². The van der Waals surface area contributed by atoms with E-state index in [1.54, 1.807) is 0 Å². The van der Waals surface area contributed by atoms with Crippen LogP contribution in [0.15, 0.2) is 0 Å². The zero-order valence-corrected chi connectivity index (χ0v) is 12.3. The van der Waals surface area contributed by atoms with E-state index >= 15 is 0 Å². The molecule has 0 aromatic carbocycles. The summed E-state index contributed by atoms with van der Waals surface area (Å²) < 4.78 is 0. The Bertz CT molecular complexity index is 373. The maximum atomic E-state index is 6.07. The predicted molar refractivity (Wildman–Crippen MR) is 78.2 cm³/mol. The van der Waals surface area contributed by atoms with Crippen LogP contribution < -0.4 is 10.6 Å². The van der Waals surface area contributed by atoms with Crippen LogP contribution in [0, 0.1) is 6.92 Å². The number of rotatable bonds is 7. The molecule has 1 heterocycles. The van der Waals surface area contributed by atoms with Crippen LogP contribution in [-0.2, 0) is 0 Å². The second kappa shape index (κ2) is 7.41. The number of nitrogens with zero attached hydrogens (tertiary/aromatic N) is 3. The van der Waals surface area contributed by atoms with Gasteiger partial charge in [-0.05, 0) is 31.4 Å². The molecule has 0 unspecified atom stereocenters. The normalized spacial score (nSPS) is 10.7. The van der Waals surface area contributed by atoms with Crippen LogP contribution >= 0.6 is 11.6 Å². The van der Waals surface area contributed by atoms with Gasteiger partial charge in [-0.3, -0.25) is 0 Å². The Morgan fingerprint density at radius 1 is 1.11 bits per heavy atom. The molecule has 0 spiro atoms. The van der Waals surface area contributed by atoms with E-state index in [0.29, 0.717) is 5.69 Å². The van der Waals surface area contributed by atoms with Gasteiger partial charge in [0.1, 0.15) is 0 Å². The van der Waals surface area contributed by atoms with Gasteiger partial charge in [-0.15, -0.1) is 0 Å². The van der Waals surface area contributed by atoms with Crippen LogP contribution in [0.1, 0.15) is 45.2 Å². The van der Waals surface area contributed by atoms with E-state index in [9.17, 15) is 0 Å². The standard InChI is InChI=1S/C13H23ClN4/c1-4-6-8-18(9-7-5-2)12-11(15)10(3)16-13(14)17-12/h4-9,15H2,1-3H3. The summed E-state index contributed by atoms with van der Waals surface area (Å²) in [6.07, 6.45) is 4.56. The molecule has 4 nitrogen and oxygen atoms in total. The van der Waals surface area contributed by atoms with Crippen molar-refractivity contribution in [3.63, 3.8) is 0 Å². The quantitative estimate of drug-likeness (QED) is 0.772. The van der Waals surface area contributed by atoms with Gasteiger partial charge in [0.05, 0.1) is 11.4 Å². The second-order valence-corrected chi connectivity index (χ2v) is 4.85. The van der Waals surface area contributed by atoms with Crippen molar-refractivity contribution in [3.05, 3.63) is 11.0 Å². The molecular formula is C13H23ClN4. The highest BCUT2D eigenvalue weighted by Crippen LogP contribution is 2.25. The Balaban J connectivity index is 2.95. The fourth-order valence-corrected chi connectivity index (χ4v) is 2.00. The molecule has 0 aliphatic carbocycles. The average Bonchev–Trinajstić information content (AvgIpc) is 2.34. The number of hydrogen-bond acceptors (Lipinski definition) is 4. The first-order valence-corrected chi connectivity index (χ1v) is 7.02. The molecule has 0 bridgehead atoms. The highest BCUT2D eigenvalue weighted by Gasteiger charge is 2.14. The third-order valence-corrected chi connectivity index (χ3v) is 3.12. The van der Waals surface area contributed by atoms with Crippen LogP contribution in [0.2, 0.25) is 5.28 Å². The van der Waals surface area contributed by atoms with Crippen molar-refractivity contribution in [2.24, 2.45) is 0 Å². The highest BCUT2D eigenvalue weighted by atomic mass is 35.5. The van der Waals surface area contributed by atoms with Gasteiger partial charge in [0.15, 0.2) is 5.82 Å². The van der Waals surface area contributed by atoms with E-state index in [1.165, 1.54) is 0 Å². The third kappa shape index (κ3) is 4.02. The largest absolute Gasteiger partial charge is 0.394 e.